The fraction of sp³-hybridized carbons (Fsp3) is 0.682. The molecule has 0 bridgehead atoms. The van der Waals surface area contributed by atoms with Gasteiger partial charge >= 0.3 is 5.97 Å². The average Bonchev–Trinajstić information content (AvgIpc) is 2.67. The summed E-state index contributed by atoms with van der Waals surface area (Å²) in [6, 6.07) is 6.78. The van der Waals surface area contributed by atoms with Crippen molar-refractivity contribution in [3.63, 3.8) is 0 Å². The average molecular weight is 461 g/mol. The standard InChI is InChI=1S/C22H36O8S/c1-19-5-7-20(8-6-19)31(24,25)18-17-29-16-15-28-14-13-27-12-11-26-10-9-21(23)30-22(2,3)4/h5-8H,9-18H2,1-4H3. The first-order chi connectivity index (χ1) is 14.6. The predicted octanol–water partition coefficient (Wildman–Crippen LogP) is 2.57. The third kappa shape index (κ3) is 14.2. The second-order valence-corrected chi connectivity index (χ2v) is 10.0. The summed E-state index contributed by atoms with van der Waals surface area (Å²) in [5.74, 6) is -0.343. The van der Waals surface area contributed by atoms with E-state index in [4.69, 9.17) is 23.7 Å². The minimum Gasteiger partial charge on any atom is -0.460 e. The van der Waals surface area contributed by atoms with E-state index in [2.05, 4.69) is 0 Å². The van der Waals surface area contributed by atoms with Crippen molar-refractivity contribution in [2.45, 2.75) is 44.6 Å². The second-order valence-electron chi connectivity index (χ2n) is 7.92. The van der Waals surface area contributed by atoms with Crippen molar-refractivity contribution in [2.75, 3.05) is 58.6 Å². The summed E-state index contributed by atoms with van der Waals surface area (Å²) in [4.78, 5) is 11.8. The normalized spacial score (nSPS) is 12.1. The van der Waals surface area contributed by atoms with Crippen LogP contribution in [-0.4, -0.2) is 78.6 Å². The van der Waals surface area contributed by atoms with Crippen LogP contribution in [0.15, 0.2) is 29.2 Å². The number of benzene rings is 1. The zero-order valence-corrected chi connectivity index (χ0v) is 19.9. The van der Waals surface area contributed by atoms with E-state index in [1.807, 2.05) is 27.7 Å². The van der Waals surface area contributed by atoms with Crippen molar-refractivity contribution in [3.8, 4) is 0 Å². The Labute approximate surface area is 186 Å². The Hall–Kier alpha value is -1.52. The van der Waals surface area contributed by atoms with Crippen LogP contribution >= 0.6 is 0 Å². The third-order valence-corrected chi connectivity index (χ3v) is 5.56. The van der Waals surface area contributed by atoms with Gasteiger partial charge in [0.25, 0.3) is 0 Å². The van der Waals surface area contributed by atoms with Gasteiger partial charge in [-0.05, 0) is 39.8 Å². The monoisotopic (exact) mass is 460 g/mol. The van der Waals surface area contributed by atoms with E-state index in [9.17, 15) is 13.2 Å². The summed E-state index contributed by atoms with van der Waals surface area (Å²) in [7, 11) is -3.33. The van der Waals surface area contributed by atoms with Crippen LogP contribution in [0, 0.1) is 6.92 Å². The first-order valence-electron chi connectivity index (χ1n) is 10.4. The maximum Gasteiger partial charge on any atom is 0.308 e. The fourth-order valence-electron chi connectivity index (χ4n) is 2.34. The van der Waals surface area contributed by atoms with Crippen molar-refractivity contribution in [3.05, 3.63) is 29.8 Å². The molecule has 0 amide bonds. The maximum atomic E-state index is 12.2. The number of esters is 1. The van der Waals surface area contributed by atoms with E-state index in [0.717, 1.165) is 5.56 Å². The first-order valence-corrected chi connectivity index (χ1v) is 12.1. The molecule has 0 spiro atoms. The molecule has 0 atom stereocenters. The quantitative estimate of drug-likeness (QED) is 0.274. The van der Waals surface area contributed by atoms with Gasteiger partial charge in [0, 0.05) is 0 Å². The van der Waals surface area contributed by atoms with E-state index in [1.165, 1.54) is 0 Å². The summed E-state index contributed by atoms with van der Waals surface area (Å²) in [6.45, 7) is 10.1. The molecule has 1 aromatic carbocycles. The molecule has 1 rings (SSSR count). The lowest BCUT2D eigenvalue weighted by atomic mass is 10.2. The molecule has 9 heteroatoms. The maximum absolute atomic E-state index is 12.2. The summed E-state index contributed by atoms with van der Waals surface area (Å²) < 4.78 is 50.9. The Morgan fingerprint density at radius 2 is 1.23 bits per heavy atom. The minimum atomic E-state index is -3.33. The number of aryl methyl sites for hydroxylation is 1. The molecule has 178 valence electrons. The van der Waals surface area contributed by atoms with Gasteiger partial charge in [0.05, 0.1) is 69.9 Å². The molecular weight excluding hydrogens is 424 g/mol. The molecule has 0 aliphatic rings. The molecule has 0 saturated carbocycles. The molecule has 0 aromatic heterocycles. The molecule has 0 aliphatic heterocycles. The zero-order valence-electron chi connectivity index (χ0n) is 19.1. The van der Waals surface area contributed by atoms with Crippen molar-refractivity contribution in [1.29, 1.82) is 0 Å². The van der Waals surface area contributed by atoms with Gasteiger partial charge in [-0.1, -0.05) is 17.7 Å². The molecule has 0 fully saturated rings. The number of hydrogen-bond donors (Lipinski definition) is 0. The van der Waals surface area contributed by atoms with Gasteiger partial charge < -0.3 is 23.7 Å². The number of rotatable bonds is 16. The lowest BCUT2D eigenvalue weighted by molar-refractivity contribution is -0.156. The number of carbonyl (C=O) groups excluding carboxylic acids is 1. The number of carbonyl (C=O) groups is 1. The summed E-state index contributed by atoms with van der Waals surface area (Å²) in [5.41, 5.74) is 0.534. The summed E-state index contributed by atoms with van der Waals surface area (Å²) in [6.07, 6.45) is 0.215. The SMILES string of the molecule is Cc1ccc(S(=O)(=O)CCOCCOCCOCCOCCC(=O)OC(C)(C)C)cc1. The van der Waals surface area contributed by atoms with E-state index in [0.29, 0.717) is 51.1 Å². The molecule has 0 radical (unpaired) electrons. The van der Waals surface area contributed by atoms with Crippen LogP contribution in [0.25, 0.3) is 0 Å². The number of hydrogen-bond acceptors (Lipinski definition) is 8. The molecule has 0 heterocycles. The Bertz CT molecular complexity index is 723. The van der Waals surface area contributed by atoms with Crippen LogP contribution in [0.5, 0.6) is 0 Å². The van der Waals surface area contributed by atoms with Crippen LogP contribution in [0.1, 0.15) is 32.8 Å². The van der Waals surface area contributed by atoms with E-state index >= 15 is 0 Å². The third-order valence-electron chi connectivity index (χ3n) is 3.86. The minimum absolute atomic E-state index is 0.0624. The largest absolute Gasteiger partial charge is 0.460 e. The van der Waals surface area contributed by atoms with E-state index < -0.39 is 15.4 Å². The van der Waals surface area contributed by atoms with Crippen LogP contribution in [0.2, 0.25) is 0 Å². The van der Waals surface area contributed by atoms with Gasteiger partial charge in [0.1, 0.15) is 5.60 Å². The fourth-order valence-corrected chi connectivity index (χ4v) is 3.47. The van der Waals surface area contributed by atoms with Gasteiger partial charge in [0.2, 0.25) is 0 Å². The summed E-state index contributed by atoms with van der Waals surface area (Å²) >= 11 is 0. The number of sulfone groups is 1. The highest BCUT2D eigenvalue weighted by Gasteiger charge is 2.15. The highest BCUT2D eigenvalue weighted by Crippen LogP contribution is 2.12. The van der Waals surface area contributed by atoms with Gasteiger partial charge in [-0.3, -0.25) is 4.79 Å². The Morgan fingerprint density at radius 3 is 1.71 bits per heavy atom. The zero-order chi connectivity index (χ0) is 23.2. The Kier molecular flexibility index (Phi) is 12.9. The lowest BCUT2D eigenvalue weighted by Gasteiger charge is -2.19. The first kappa shape index (κ1) is 27.5. The number of ether oxygens (including phenoxy) is 5. The lowest BCUT2D eigenvalue weighted by Crippen LogP contribution is -2.24. The molecule has 8 nitrogen and oxygen atoms in total. The topological polar surface area (TPSA) is 97.4 Å². The van der Waals surface area contributed by atoms with Crippen molar-refractivity contribution < 1.29 is 36.9 Å². The van der Waals surface area contributed by atoms with Crippen LogP contribution < -0.4 is 0 Å². The summed E-state index contributed by atoms with van der Waals surface area (Å²) in [5, 5.41) is 0. The molecule has 0 unspecified atom stereocenters. The molecule has 1 aromatic rings. The van der Waals surface area contributed by atoms with Crippen LogP contribution in [0.3, 0.4) is 0 Å². The van der Waals surface area contributed by atoms with Crippen molar-refractivity contribution >= 4 is 15.8 Å². The van der Waals surface area contributed by atoms with E-state index in [1.54, 1.807) is 24.3 Å². The smallest absolute Gasteiger partial charge is 0.308 e. The molecule has 0 aliphatic carbocycles. The molecular formula is C22H36O8S. The highest BCUT2D eigenvalue weighted by molar-refractivity contribution is 7.91. The van der Waals surface area contributed by atoms with E-state index in [-0.39, 0.29) is 24.7 Å². The van der Waals surface area contributed by atoms with Crippen LogP contribution in [-0.2, 0) is 38.3 Å². The van der Waals surface area contributed by atoms with Gasteiger partial charge in [-0.2, -0.15) is 0 Å². The van der Waals surface area contributed by atoms with Crippen LogP contribution in [0.4, 0.5) is 0 Å². The van der Waals surface area contributed by atoms with Gasteiger partial charge in [-0.15, -0.1) is 0 Å². The highest BCUT2D eigenvalue weighted by atomic mass is 32.2. The molecule has 0 N–H and O–H groups in total. The van der Waals surface area contributed by atoms with Gasteiger partial charge in [-0.25, -0.2) is 8.42 Å². The van der Waals surface area contributed by atoms with Crippen molar-refractivity contribution in [1.82, 2.24) is 0 Å². The predicted molar refractivity (Wildman–Crippen MR) is 117 cm³/mol. The second kappa shape index (κ2) is 14.5. The Balaban J connectivity index is 1.90. The molecule has 31 heavy (non-hydrogen) atoms. The molecule has 0 saturated heterocycles. The Morgan fingerprint density at radius 1 is 0.774 bits per heavy atom. The van der Waals surface area contributed by atoms with Crippen molar-refractivity contribution in [2.24, 2.45) is 0 Å². The van der Waals surface area contributed by atoms with Gasteiger partial charge in [0.15, 0.2) is 9.84 Å².